The Labute approximate surface area is 78.0 Å². The van der Waals surface area contributed by atoms with Crippen molar-refractivity contribution in [2.75, 3.05) is 31.8 Å². The van der Waals surface area contributed by atoms with Crippen LogP contribution < -0.4 is 5.32 Å². The summed E-state index contributed by atoms with van der Waals surface area (Å²) in [5, 5.41) is 2.90. The minimum absolute atomic E-state index is 0.0495. The van der Waals surface area contributed by atoms with Gasteiger partial charge in [-0.3, -0.25) is 10.1 Å². The second-order valence-corrected chi connectivity index (χ2v) is 5.49. The van der Waals surface area contributed by atoms with Crippen molar-refractivity contribution in [1.29, 1.82) is 0 Å². The lowest BCUT2D eigenvalue weighted by Gasteiger charge is -2.13. The van der Waals surface area contributed by atoms with Crippen LogP contribution in [0.15, 0.2) is 0 Å². The maximum Gasteiger partial charge on any atom is 0.237 e. The molecule has 0 spiro atoms. The molecule has 1 N–H and O–H groups in total. The molecule has 76 valence electrons. The van der Waals surface area contributed by atoms with Crippen molar-refractivity contribution in [3.8, 4) is 0 Å². The second-order valence-electron chi connectivity index (χ2n) is 3.23. The Kier molecular flexibility index (Phi) is 3.27. The summed E-state index contributed by atoms with van der Waals surface area (Å²) < 4.78 is 21.5. The Hall–Kier alpha value is -0.620. The van der Waals surface area contributed by atoms with E-state index in [-0.39, 0.29) is 11.7 Å². The van der Waals surface area contributed by atoms with E-state index in [0.717, 1.165) is 0 Å². The lowest BCUT2D eigenvalue weighted by Crippen LogP contribution is -2.28. The third-order valence-corrected chi connectivity index (χ3v) is 2.91. The van der Waals surface area contributed by atoms with Crippen LogP contribution in [0.2, 0.25) is 0 Å². The van der Waals surface area contributed by atoms with E-state index >= 15 is 0 Å². The zero-order chi connectivity index (χ0) is 9.90. The fourth-order valence-electron chi connectivity index (χ4n) is 1.22. The number of sulfone groups is 1. The van der Waals surface area contributed by atoms with Gasteiger partial charge in [-0.05, 0) is 6.42 Å². The molecule has 0 radical (unpaired) electrons. The van der Waals surface area contributed by atoms with Crippen molar-refractivity contribution in [2.24, 2.45) is 0 Å². The van der Waals surface area contributed by atoms with Crippen molar-refractivity contribution in [2.45, 2.75) is 6.42 Å². The van der Waals surface area contributed by atoms with Gasteiger partial charge in [-0.15, -0.1) is 0 Å². The Bertz CT molecular complexity index is 286. The van der Waals surface area contributed by atoms with Gasteiger partial charge in [0.15, 0.2) is 0 Å². The number of rotatable bonds is 4. The van der Waals surface area contributed by atoms with E-state index in [0.29, 0.717) is 26.2 Å². The van der Waals surface area contributed by atoms with E-state index in [9.17, 15) is 13.2 Å². The van der Waals surface area contributed by atoms with E-state index in [1.54, 1.807) is 4.90 Å². The smallest absolute Gasteiger partial charge is 0.237 e. The first-order valence-corrected chi connectivity index (χ1v) is 6.21. The first-order valence-electron chi connectivity index (χ1n) is 4.15. The fraction of sp³-hybridized carbons (Fsp3) is 0.857. The molecular formula is C7H14N2O3S. The molecule has 13 heavy (non-hydrogen) atoms. The summed E-state index contributed by atoms with van der Waals surface area (Å²) in [4.78, 5) is 12.7. The Morgan fingerprint density at radius 3 is 2.69 bits per heavy atom. The molecule has 1 heterocycles. The number of hydrogen-bond acceptors (Lipinski definition) is 4. The van der Waals surface area contributed by atoms with Gasteiger partial charge in [0, 0.05) is 12.8 Å². The van der Waals surface area contributed by atoms with E-state index in [1.165, 1.54) is 6.26 Å². The SMILES string of the molecule is CS(=O)(=O)CCCN1CNCC1=O. The van der Waals surface area contributed by atoms with Gasteiger partial charge in [0.25, 0.3) is 0 Å². The Morgan fingerprint density at radius 1 is 1.54 bits per heavy atom. The average molecular weight is 206 g/mol. The van der Waals surface area contributed by atoms with Crippen LogP contribution in [0, 0.1) is 0 Å². The molecule has 0 bridgehead atoms. The summed E-state index contributed by atoms with van der Waals surface area (Å²) in [6.07, 6.45) is 1.73. The van der Waals surface area contributed by atoms with Crippen LogP contribution in [-0.4, -0.2) is 51.0 Å². The molecule has 0 aromatic rings. The maximum absolute atomic E-state index is 11.0. The molecule has 0 aromatic heterocycles. The number of nitrogens with zero attached hydrogens (tertiary/aromatic N) is 1. The zero-order valence-corrected chi connectivity index (χ0v) is 8.43. The molecule has 0 saturated carbocycles. The molecule has 1 fully saturated rings. The summed E-state index contributed by atoms with van der Waals surface area (Å²) in [7, 11) is -2.89. The summed E-state index contributed by atoms with van der Waals surface area (Å²) >= 11 is 0. The fourth-order valence-corrected chi connectivity index (χ4v) is 1.87. The standard InChI is InChI=1S/C7H14N2O3S/c1-13(11,12)4-2-3-9-6-8-5-7(9)10/h8H,2-6H2,1H3. The van der Waals surface area contributed by atoms with E-state index in [4.69, 9.17) is 0 Å². The molecule has 0 aliphatic carbocycles. The molecule has 6 heteroatoms. The molecule has 1 aliphatic rings. The van der Waals surface area contributed by atoms with Crippen molar-refractivity contribution in [1.82, 2.24) is 10.2 Å². The van der Waals surface area contributed by atoms with Crippen molar-refractivity contribution in [3.05, 3.63) is 0 Å². The van der Waals surface area contributed by atoms with Crippen molar-refractivity contribution in [3.63, 3.8) is 0 Å². The second kappa shape index (κ2) is 4.06. The number of carbonyl (C=O) groups is 1. The van der Waals surface area contributed by atoms with Crippen LogP contribution >= 0.6 is 0 Å². The molecule has 1 saturated heterocycles. The van der Waals surface area contributed by atoms with Crippen LogP contribution in [0.3, 0.4) is 0 Å². The first kappa shape index (κ1) is 10.5. The largest absolute Gasteiger partial charge is 0.329 e. The molecular weight excluding hydrogens is 192 g/mol. The Morgan fingerprint density at radius 2 is 2.23 bits per heavy atom. The summed E-state index contributed by atoms with van der Waals surface area (Å²) in [6.45, 7) is 1.44. The van der Waals surface area contributed by atoms with Gasteiger partial charge in [-0.2, -0.15) is 0 Å². The van der Waals surface area contributed by atoms with Gasteiger partial charge in [0.2, 0.25) is 5.91 Å². The summed E-state index contributed by atoms with van der Waals surface area (Å²) in [6, 6.07) is 0. The molecule has 0 unspecified atom stereocenters. The minimum atomic E-state index is -2.89. The number of carbonyl (C=O) groups excluding carboxylic acids is 1. The molecule has 1 amide bonds. The molecule has 0 atom stereocenters. The average Bonchev–Trinajstić information content (AvgIpc) is 2.34. The number of amides is 1. The lowest BCUT2D eigenvalue weighted by atomic mass is 10.4. The lowest BCUT2D eigenvalue weighted by molar-refractivity contribution is -0.126. The summed E-state index contributed by atoms with van der Waals surface area (Å²) in [5.74, 6) is 0.199. The predicted octanol–water partition coefficient (Wildman–Crippen LogP) is -1.19. The van der Waals surface area contributed by atoms with E-state index < -0.39 is 9.84 Å². The molecule has 5 nitrogen and oxygen atoms in total. The van der Waals surface area contributed by atoms with Crippen LogP contribution in [0.5, 0.6) is 0 Å². The van der Waals surface area contributed by atoms with Gasteiger partial charge in [-0.25, -0.2) is 8.42 Å². The third-order valence-electron chi connectivity index (χ3n) is 1.87. The van der Waals surface area contributed by atoms with Gasteiger partial charge in [0.05, 0.1) is 19.0 Å². The maximum atomic E-state index is 11.0. The monoisotopic (exact) mass is 206 g/mol. The zero-order valence-electron chi connectivity index (χ0n) is 7.62. The normalized spacial score (nSPS) is 18.2. The van der Waals surface area contributed by atoms with Crippen molar-refractivity contribution >= 4 is 15.7 Å². The minimum Gasteiger partial charge on any atom is -0.329 e. The summed E-state index contributed by atoms with van der Waals surface area (Å²) in [5.41, 5.74) is 0. The van der Waals surface area contributed by atoms with Crippen molar-refractivity contribution < 1.29 is 13.2 Å². The first-order chi connectivity index (χ1) is 5.99. The van der Waals surface area contributed by atoms with Crippen LogP contribution in [0.4, 0.5) is 0 Å². The van der Waals surface area contributed by atoms with Gasteiger partial charge < -0.3 is 4.90 Å². The molecule has 1 aliphatic heterocycles. The van der Waals surface area contributed by atoms with Crippen LogP contribution in [-0.2, 0) is 14.6 Å². The third kappa shape index (κ3) is 3.73. The molecule has 0 aromatic carbocycles. The highest BCUT2D eigenvalue weighted by Gasteiger charge is 2.18. The highest BCUT2D eigenvalue weighted by molar-refractivity contribution is 7.90. The quantitative estimate of drug-likeness (QED) is 0.628. The van der Waals surface area contributed by atoms with Gasteiger partial charge >= 0.3 is 0 Å². The number of hydrogen-bond donors (Lipinski definition) is 1. The predicted molar refractivity (Wildman–Crippen MR) is 48.9 cm³/mol. The van der Waals surface area contributed by atoms with Crippen LogP contribution in [0.25, 0.3) is 0 Å². The van der Waals surface area contributed by atoms with E-state index in [2.05, 4.69) is 5.32 Å². The number of nitrogens with one attached hydrogen (secondary N) is 1. The highest BCUT2D eigenvalue weighted by Crippen LogP contribution is 1.98. The Balaban J connectivity index is 2.23. The topological polar surface area (TPSA) is 66.5 Å². The highest BCUT2D eigenvalue weighted by atomic mass is 32.2. The molecule has 1 rings (SSSR count). The van der Waals surface area contributed by atoms with Gasteiger partial charge in [-0.1, -0.05) is 0 Å². The van der Waals surface area contributed by atoms with Crippen LogP contribution in [0.1, 0.15) is 6.42 Å². The van der Waals surface area contributed by atoms with Gasteiger partial charge in [0.1, 0.15) is 9.84 Å². The van der Waals surface area contributed by atoms with E-state index in [1.807, 2.05) is 0 Å².